The Morgan fingerprint density at radius 1 is 1.00 bits per heavy atom. The Bertz CT molecular complexity index is 180. The van der Waals surface area contributed by atoms with E-state index in [1.165, 1.54) is 0 Å². The minimum absolute atomic E-state index is 0. The first-order valence-electron chi connectivity index (χ1n) is 2.83. The van der Waals surface area contributed by atoms with Crippen molar-refractivity contribution in [2.45, 2.75) is 0 Å². The third-order valence-electron chi connectivity index (χ3n) is 0.843. The quantitative estimate of drug-likeness (QED) is 0.495. The molecule has 0 atom stereocenters. The number of benzene rings is 1. The molecule has 0 spiro atoms. The minimum atomic E-state index is -3.08. The average molecular weight is 321 g/mol. The van der Waals surface area contributed by atoms with Crippen LogP contribution in [0.1, 0.15) is 5.56 Å². The summed E-state index contributed by atoms with van der Waals surface area (Å²) in [6.07, 6.45) is 0. The second-order valence-corrected chi connectivity index (χ2v) is 1.70. The van der Waals surface area contributed by atoms with Crippen molar-refractivity contribution in [3.63, 3.8) is 0 Å². The summed E-state index contributed by atoms with van der Waals surface area (Å²) in [5.41, 5.74) is 1.07. The van der Waals surface area contributed by atoms with E-state index in [-0.39, 0.29) is 43.9 Å². The maximum atomic E-state index is 9.58. The van der Waals surface area contributed by atoms with Gasteiger partial charge in [-0.1, -0.05) is 6.07 Å². The van der Waals surface area contributed by atoms with Crippen LogP contribution in [0.3, 0.4) is 0 Å². The largest absolute Gasteiger partial charge is 0.385 e. The van der Waals surface area contributed by atoms with Gasteiger partial charge in [0.2, 0.25) is 0 Å². The van der Waals surface area contributed by atoms with Gasteiger partial charge in [0.1, 0.15) is 0 Å². The Balaban J connectivity index is -0.0000000650. The van der Waals surface area contributed by atoms with Gasteiger partial charge in [0.05, 0.1) is 0 Å². The maximum Gasteiger partial charge on any atom is 0.154 e. The number of hydrogen-bond acceptors (Lipinski definition) is 0. The van der Waals surface area contributed by atoms with Crippen LogP contribution < -0.4 is 0 Å². The zero-order chi connectivity index (χ0) is 8.69. The molecule has 0 N–H and O–H groups in total. The normalized spacial score (nSPS) is 6.86. The van der Waals surface area contributed by atoms with Gasteiger partial charge in [-0.25, -0.2) is 0 Å². The van der Waals surface area contributed by atoms with Crippen molar-refractivity contribution in [3.05, 3.63) is 56.9 Å². The molecule has 0 unspecified atom stereocenters. The third kappa shape index (κ3) is 22.7. The molecule has 14 heavy (non-hydrogen) atoms. The first-order valence-corrected chi connectivity index (χ1v) is 2.83. The van der Waals surface area contributed by atoms with E-state index in [1.54, 1.807) is 0 Å². The van der Waals surface area contributed by atoms with E-state index >= 15 is 0 Å². The molecule has 0 saturated carbocycles. The molecule has 0 aliphatic rings. The SMILES string of the molecule is Br.F[C-](F)F.[CH2-]c1ccccc1.[CH3-].[Zn]. The van der Waals surface area contributed by atoms with Crippen molar-refractivity contribution in [2.24, 2.45) is 0 Å². The van der Waals surface area contributed by atoms with Crippen molar-refractivity contribution in [1.29, 1.82) is 0 Å². The van der Waals surface area contributed by atoms with Crippen LogP contribution in [0.2, 0.25) is 0 Å². The molecule has 0 bridgehead atoms. The predicted octanol–water partition coefficient (Wildman–Crippen LogP) is 4.24. The molecule has 1 rings (SSSR count). The molecular formula is C9H11BrF3Zn-3. The van der Waals surface area contributed by atoms with Gasteiger partial charge in [0.25, 0.3) is 0 Å². The molecule has 0 amide bonds. The molecule has 0 aliphatic carbocycles. The zero-order valence-corrected chi connectivity index (χ0v) is 12.5. The van der Waals surface area contributed by atoms with Crippen LogP contribution >= 0.6 is 17.0 Å². The third-order valence-corrected chi connectivity index (χ3v) is 0.843. The summed E-state index contributed by atoms with van der Waals surface area (Å²) in [6, 6.07) is 9.87. The molecule has 0 heterocycles. The summed E-state index contributed by atoms with van der Waals surface area (Å²) >= 11 is 0. The van der Waals surface area contributed by atoms with E-state index in [1.807, 2.05) is 30.3 Å². The van der Waals surface area contributed by atoms with E-state index in [0.29, 0.717) is 0 Å². The molecule has 0 aliphatic heterocycles. The van der Waals surface area contributed by atoms with Crippen molar-refractivity contribution in [1.82, 2.24) is 0 Å². The van der Waals surface area contributed by atoms with Crippen molar-refractivity contribution in [2.75, 3.05) is 0 Å². The zero-order valence-electron chi connectivity index (χ0n) is 7.84. The van der Waals surface area contributed by atoms with Crippen molar-refractivity contribution in [3.8, 4) is 0 Å². The van der Waals surface area contributed by atoms with Gasteiger partial charge in [-0.15, -0.1) is 29.1 Å². The molecule has 80 valence electrons. The first-order chi connectivity index (χ1) is 5.13. The fraction of sp³-hybridized carbons (Fsp3) is 0. The number of halogens is 4. The van der Waals surface area contributed by atoms with Crippen molar-refractivity contribution >= 4 is 17.0 Å². The molecule has 0 nitrogen and oxygen atoms in total. The maximum absolute atomic E-state index is 9.58. The summed E-state index contributed by atoms with van der Waals surface area (Å²) in [5, 5.41) is 0. The fourth-order valence-electron chi connectivity index (χ4n) is 0.478. The van der Waals surface area contributed by atoms with Gasteiger partial charge >= 0.3 is 0 Å². The Morgan fingerprint density at radius 3 is 1.43 bits per heavy atom. The topological polar surface area (TPSA) is 0 Å². The summed E-state index contributed by atoms with van der Waals surface area (Å²) in [6.45, 7) is 0.637. The number of rotatable bonds is 0. The molecule has 0 aromatic heterocycles. The van der Waals surface area contributed by atoms with Crippen LogP contribution in [0.15, 0.2) is 30.3 Å². The van der Waals surface area contributed by atoms with Gasteiger partial charge in [0.15, 0.2) is 6.68 Å². The molecule has 0 saturated heterocycles. The van der Waals surface area contributed by atoms with Crippen LogP contribution in [0, 0.1) is 21.0 Å². The Kier molecular flexibility index (Phi) is 26.1. The minimum Gasteiger partial charge on any atom is -0.385 e. The predicted molar refractivity (Wildman–Crippen MR) is 54.2 cm³/mol. The van der Waals surface area contributed by atoms with Gasteiger partial charge in [-0.05, 0) is 0 Å². The van der Waals surface area contributed by atoms with E-state index < -0.39 is 6.68 Å². The smallest absolute Gasteiger partial charge is 0.154 e. The Hall–Kier alpha value is -0.0166. The summed E-state index contributed by atoms with van der Waals surface area (Å²) in [4.78, 5) is 0. The van der Waals surface area contributed by atoms with E-state index in [0.717, 1.165) is 5.56 Å². The summed E-state index contributed by atoms with van der Waals surface area (Å²) in [7, 11) is 0. The van der Waals surface area contributed by atoms with Crippen LogP contribution in [0.5, 0.6) is 0 Å². The Morgan fingerprint density at radius 2 is 1.29 bits per heavy atom. The first kappa shape index (κ1) is 23.7. The Labute approximate surface area is 106 Å². The molecule has 1 aromatic rings. The molecular weight excluding hydrogens is 310 g/mol. The van der Waals surface area contributed by atoms with E-state index in [2.05, 4.69) is 6.92 Å². The fourth-order valence-corrected chi connectivity index (χ4v) is 0.478. The van der Waals surface area contributed by atoms with Crippen LogP contribution in [0.25, 0.3) is 0 Å². The van der Waals surface area contributed by atoms with Gasteiger partial charge in [-0.2, -0.15) is 24.6 Å². The second kappa shape index (κ2) is 15.5. The average Bonchev–Trinajstić information content (AvgIpc) is 1.87. The molecule has 0 radical (unpaired) electrons. The second-order valence-electron chi connectivity index (χ2n) is 1.70. The van der Waals surface area contributed by atoms with E-state index in [4.69, 9.17) is 0 Å². The van der Waals surface area contributed by atoms with Crippen LogP contribution in [-0.4, -0.2) is 0 Å². The van der Waals surface area contributed by atoms with E-state index in [9.17, 15) is 13.2 Å². The standard InChI is InChI=1S/C7H7.CF3.CH3.BrH.Zn/c1-7-5-3-2-4-6-7;2-1(3)4;;;/h2-6H,1H2;;1H3;1H;/q3*-1;;. The van der Waals surface area contributed by atoms with Crippen LogP contribution in [0.4, 0.5) is 13.2 Å². The van der Waals surface area contributed by atoms with Gasteiger partial charge in [0, 0.05) is 19.5 Å². The van der Waals surface area contributed by atoms with Gasteiger partial charge in [-0.3, -0.25) is 0 Å². The van der Waals surface area contributed by atoms with Crippen LogP contribution in [-0.2, 0) is 19.5 Å². The number of hydrogen-bond donors (Lipinski definition) is 0. The molecule has 0 fully saturated rings. The van der Waals surface area contributed by atoms with Crippen molar-refractivity contribution < 1.29 is 32.6 Å². The summed E-state index contributed by atoms with van der Waals surface area (Å²) < 4.78 is 28.8. The molecule has 1 aromatic carbocycles. The summed E-state index contributed by atoms with van der Waals surface area (Å²) in [5.74, 6) is 0. The van der Waals surface area contributed by atoms with Gasteiger partial charge < -0.3 is 20.6 Å². The monoisotopic (exact) mass is 319 g/mol. The molecule has 5 heteroatoms.